The normalized spacial score (nSPS) is 20.2. The summed E-state index contributed by atoms with van der Waals surface area (Å²) < 4.78 is 7.86. The van der Waals surface area contributed by atoms with E-state index in [1.165, 1.54) is 5.69 Å². The Balaban J connectivity index is 1.33. The number of halogens is 1. The van der Waals surface area contributed by atoms with Crippen LogP contribution in [0.25, 0.3) is 11.2 Å². The van der Waals surface area contributed by atoms with Gasteiger partial charge in [-0.2, -0.15) is 0 Å². The number of benzene rings is 1. The fourth-order valence-corrected chi connectivity index (χ4v) is 4.27. The lowest BCUT2D eigenvalue weighted by molar-refractivity contribution is 0.0978. The number of rotatable bonds is 4. The van der Waals surface area contributed by atoms with Crippen molar-refractivity contribution in [2.45, 2.75) is 25.5 Å². The first kappa shape index (κ1) is 17.7. The van der Waals surface area contributed by atoms with Crippen molar-refractivity contribution in [1.82, 2.24) is 19.5 Å². The molecule has 8 heteroatoms. The topological polar surface area (TPSA) is 59.3 Å². The van der Waals surface area contributed by atoms with Gasteiger partial charge in [0.25, 0.3) is 0 Å². The molecule has 28 heavy (non-hydrogen) atoms. The molecule has 2 fully saturated rings. The Morgan fingerprint density at radius 3 is 2.71 bits per heavy atom. The molecule has 1 aromatic carbocycles. The van der Waals surface area contributed by atoms with Gasteiger partial charge in [-0.05, 0) is 31.0 Å². The minimum absolute atomic E-state index is 0.261. The van der Waals surface area contributed by atoms with Crippen LogP contribution in [0.5, 0.6) is 0 Å². The molecule has 7 nitrogen and oxygen atoms in total. The molecule has 3 aromatic rings. The summed E-state index contributed by atoms with van der Waals surface area (Å²) >= 11 is 6.14. The number of piperazine rings is 1. The zero-order valence-electron chi connectivity index (χ0n) is 15.7. The van der Waals surface area contributed by atoms with Gasteiger partial charge in [-0.1, -0.05) is 17.7 Å². The monoisotopic (exact) mass is 398 g/mol. The van der Waals surface area contributed by atoms with Gasteiger partial charge in [0.15, 0.2) is 17.0 Å². The second-order valence-electron chi connectivity index (χ2n) is 7.36. The molecule has 0 radical (unpaired) electrons. The number of anilines is 2. The fraction of sp³-hybridized carbons (Fsp3) is 0.450. The highest BCUT2D eigenvalue weighted by molar-refractivity contribution is 6.30. The zero-order valence-corrected chi connectivity index (χ0v) is 16.4. The van der Waals surface area contributed by atoms with Gasteiger partial charge in [-0.3, -0.25) is 0 Å². The predicted molar refractivity (Wildman–Crippen MR) is 110 cm³/mol. The molecule has 2 aliphatic heterocycles. The van der Waals surface area contributed by atoms with E-state index in [-0.39, 0.29) is 6.10 Å². The van der Waals surface area contributed by atoms with Crippen LogP contribution in [0.1, 0.15) is 12.8 Å². The molecule has 0 saturated carbocycles. The third kappa shape index (κ3) is 3.40. The Kier molecular flexibility index (Phi) is 4.78. The average Bonchev–Trinajstić information content (AvgIpc) is 3.39. The van der Waals surface area contributed by atoms with Crippen LogP contribution in [-0.2, 0) is 11.3 Å². The number of fused-ring (bicyclic) bond motifs is 1. The van der Waals surface area contributed by atoms with E-state index in [4.69, 9.17) is 16.3 Å². The lowest BCUT2D eigenvalue weighted by atomic mass is 10.2. The minimum atomic E-state index is 0.261. The van der Waals surface area contributed by atoms with Crippen LogP contribution < -0.4 is 9.80 Å². The summed E-state index contributed by atoms with van der Waals surface area (Å²) in [5.41, 5.74) is 2.93. The Labute approximate surface area is 168 Å². The summed E-state index contributed by atoms with van der Waals surface area (Å²) in [4.78, 5) is 18.3. The molecule has 0 aliphatic carbocycles. The van der Waals surface area contributed by atoms with Gasteiger partial charge in [0.05, 0.1) is 19.0 Å². The molecule has 0 spiro atoms. The summed E-state index contributed by atoms with van der Waals surface area (Å²) in [6.07, 6.45) is 6.01. The van der Waals surface area contributed by atoms with Crippen molar-refractivity contribution < 1.29 is 4.74 Å². The number of ether oxygens (including phenoxy) is 1. The first-order valence-electron chi connectivity index (χ1n) is 9.81. The molecule has 2 aliphatic rings. The van der Waals surface area contributed by atoms with Crippen molar-refractivity contribution in [2.24, 2.45) is 0 Å². The Hall–Kier alpha value is -2.38. The van der Waals surface area contributed by atoms with Crippen molar-refractivity contribution in [3.8, 4) is 0 Å². The van der Waals surface area contributed by atoms with Crippen LogP contribution in [-0.4, -0.2) is 58.4 Å². The van der Waals surface area contributed by atoms with Gasteiger partial charge in [-0.15, -0.1) is 0 Å². The van der Waals surface area contributed by atoms with Gasteiger partial charge >= 0.3 is 0 Å². The van der Waals surface area contributed by atoms with Gasteiger partial charge in [0.2, 0.25) is 0 Å². The number of hydrogen-bond donors (Lipinski definition) is 0. The van der Waals surface area contributed by atoms with E-state index < -0.39 is 0 Å². The molecule has 0 amide bonds. The molecule has 5 rings (SSSR count). The largest absolute Gasteiger partial charge is 0.376 e. The van der Waals surface area contributed by atoms with Crippen molar-refractivity contribution >= 4 is 34.3 Å². The SMILES string of the molecule is Clc1cccc(N2CCN(c3ncnc4c3ncn4CC3CCCO3)CC2)c1. The summed E-state index contributed by atoms with van der Waals surface area (Å²) in [6.45, 7) is 5.27. The molecule has 1 atom stereocenters. The molecule has 1 unspecified atom stereocenters. The molecule has 0 N–H and O–H groups in total. The zero-order chi connectivity index (χ0) is 18.9. The Morgan fingerprint density at radius 2 is 1.93 bits per heavy atom. The second-order valence-corrected chi connectivity index (χ2v) is 7.79. The van der Waals surface area contributed by atoms with E-state index in [9.17, 15) is 0 Å². The highest BCUT2D eigenvalue weighted by atomic mass is 35.5. The summed E-state index contributed by atoms with van der Waals surface area (Å²) in [5.74, 6) is 0.918. The van der Waals surface area contributed by atoms with Crippen LogP contribution >= 0.6 is 11.6 Å². The lowest BCUT2D eigenvalue weighted by Gasteiger charge is -2.36. The summed E-state index contributed by atoms with van der Waals surface area (Å²) in [7, 11) is 0. The number of nitrogens with zero attached hydrogens (tertiary/aromatic N) is 6. The van der Waals surface area contributed by atoms with Gasteiger partial charge in [0, 0.05) is 43.5 Å². The van der Waals surface area contributed by atoms with Crippen molar-refractivity contribution in [3.63, 3.8) is 0 Å². The Morgan fingerprint density at radius 1 is 1.07 bits per heavy atom. The smallest absolute Gasteiger partial charge is 0.165 e. The van der Waals surface area contributed by atoms with Crippen LogP contribution in [0.2, 0.25) is 5.02 Å². The first-order chi connectivity index (χ1) is 13.8. The third-order valence-electron chi connectivity index (χ3n) is 5.56. The predicted octanol–water partition coefficient (Wildman–Crippen LogP) is 2.99. The van der Waals surface area contributed by atoms with Crippen LogP contribution in [0.4, 0.5) is 11.5 Å². The molecular formula is C20H23ClN6O. The molecule has 2 saturated heterocycles. The summed E-state index contributed by atoms with van der Waals surface area (Å²) in [5, 5.41) is 0.772. The highest BCUT2D eigenvalue weighted by Gasteiger charge is 2.23. The maximum atomic E-state index is 6.14. The highest BCUT2D eigenvalue weighted by Crippen LogP contribution is 2.26. The molecule has 2 aromatic heterocycles. The van der Waals surface area contributed by atoms with Crippen molar-refractivity contribution in [2.75, 3.05) is 42.6 Å². The molecule has 4 heterocycles. The standard InChI is InChI=1S/C20H23ClN6O/c21-15-3-1-4-16(11-15)25-6-8-26(9-7-25)19-18-20(23-13-22-19)27(14-24-18)12-17-5-2-10-28-17/h1,3-4,11,13-14,17H,2,5-10,12H2. The maximum Gasteiger partial charge on any atom is 0.165 e. The van der Waals surface area contributed by atoms with E-state index in [0.717, 1.165) is 74.2 Å². The van der Waals surface area contributed by atoms with E-state index in [1.54, 1.807) is 6.33 Å². The first-order valence-corrected chi connectivity index (χ1v) is 10.2. The third-order valence-corrected chi connectivity index (χ3v) is 5.79. The Bertz CT molecular complexity index is 962. The van der Waals surface area contributed by atoms with Gasteiger partial charge < -0.3 is 19.1 Å². The second kappa shape index (κ2) is 7.56. The molecular weight excluding hydrogens is 376 g/mol. The minimum Gasteiger partial charge on any atom is -0.376 e. The number of imidazole rings is 1. The fourth-order valence-electron chi connectivity index (χ4n) is 4.09. The maximum absolute atomic E-state index is 6.14. The van der Waals surface area contributed by atoms with E-state index in [2.05, 4.69) is 35.4 Å². The van der Waals surface area contributed by atoms with E-state index >= 15 is 0 Å². The van der Waals surface area contributed by atoms with Gasteiger partial charge in [-0.25, -0.2) is 15.0 Å². The van der Waals surface area contributed by atoms with E-state index in [0.29, 0.717) is 0 Å². The molecule has 0 bridgehead atoms. The van der Waals surface area contributed by atoms with Crippen LogP contribution in [0.15, 0.2) is 36.9 Å². The van der Waals surface area contributed by atoms with Crippen LogP contribution in [0, 0.1) is 0 Å². The van der Waals surface area contributed by atoms with Crippen LogP contribution in [0.3, 0.4) is 0 Å². The molecule has 146 valence electrons. The number of hydrogen-bond acceptors (Lipinski definition) is 6. The number of aromatic nitrogens is 4. The lowest BCUT2D eigenvalue weighted by Crippen LogP contribution is -2.47. The van der Waals surface area contributed by atoms with Crippen molar-refractivity contribution in [3.05, 3.63) is 41.9 Å². The van der Waals surface area contributed by atoms with Gasteiger partial charge in [0.1, 0.15) is 6.33 Å². The summed E-state index contributed by atoms with van der Waals surface area (Å²) in [6, 6.07) is 8.04. The quantitative estimate of drug-likeness (QED) is 0.673. The van der Waals surface area contributed by atoms with Crippen molar-refractivity contribution in [1.29, 1.82) is 0 Å². The van der Waals surface area contributed by atoms with E-state index in [1.807, 2.05) is 24.5 Å². The average molecular weight is 399 g/mol.